The molecule has 1 aliphatic rings. The molecule has 2 rings (SSSR count). The van der Waals surface area contributed by atoms with Gasteiger partial charge in [0.05, 0.1) is 0 Å². The molecular weight excluding hydrogens is 208 g/mol. The molecule has 1 saturated heterocycles. The number of nitrogens with zero attached hydrogens (tertiary/aromatic N) is 1. The Hall–Kier alpha value is -0.860. The SMILES string of the molecule is Cc1ccc(C)c(C(N)CN2CCCCC2)c1. The predicted molar refractivity (Wildman–Crippen MR) is 73.1 cm³/mol. The molecule has 1 aromatic carbocycles. The van der Waals surface area contributed by atoms with Gasteiger partial charge in [-0.15, -0.1) is 0 Å². The van der Waals surface area contributed by atoms with Crippen molar-refractivity contribution in [3.05, 3.63) is 34.9 Å². The minimum absolute atomic E-state index is 0.160. The zero-order valence-corrected chi connectivity index (χ0v) is 11.1. The first kappa shape index (κ1) is 12.6. The van der Waals surface area contributed by atoms with Gasteiger partial charge in [0.25, 0.3) is 0 Å². The summed E-state index contributed by atoms with van der Waals surface area (Å²) in [6.07, 6.45) is 4.05. The smallest absolute Gasteiger partial charge is 0.0427 e. The van der Waals surface area contributed by atoms with Gasteiger partial charge in [-0.05, 0) is 50.9 Å². The van der Waals surface area contributed by atoms with Crippen LogP contribution in [0.1, 0.15) is 42.0 Å². The van der Waals surface area contributed by atoms with E-state index >= 15 is 0 Å². The van der Waals surface area contributed by atoms with Gasteiger partial charge in [-0.1, -0.05) is 30.2 Å². The van der Waals surface area contributed by atoms with E-state index in [0.717, 1.165) is 6.54 Å². The lowest BCUT2D eigenvalue weighted by Gasteiger charge is -2.29. The van der Waals surface area contributed by atoms with E-state index in [4.69, 9.17) is 5.73 Å². The summed E-state index contributed by atoms with van der Waals surface area (Å²) in [5.41, 5.74) is 10.3. The standard InChI is InChI=1S/C15H24N2/c1-12-6-7-13(2)14(10-12)15(16)11-17-8-4-3-5-9-17/h6-7,10,15H,3-5,8-9,11,16H2,1-2H3. The van der Waals surface area contributed by atoms with Crippen LogP contribution in [0.15, 0.2) is 18.2 Å². The number of likely N-dealkylation sites (tertiary alicyclic amines) is 1. The van der Waals surface area contributed by atoms with Gasteiger partial charge in [-0.2, -0.15) is 0 Å². The molecule has 1 aromatic rings. The average Bonchev–Trinajstić information content (AvgIpc) is 2.33. The second-order valence-electron chi connectivity index (χ2n) is 5.33. The molecule has 0 amide bonds. The van der Waals surface area contributed by atoms with Crippen LogP contribution >= 0.6 is 0 Å². The third-order valence-corrected chi connectivity index (χ3v) is 3.74. The van der Waals surface area contributed by atoms with Crippen molar-refractivity contribution in [1.29, 1.82) is 0 Å². The number of aryl methyl sites for hydroxylation is 2. The van der Waals surface area contributed by atoms with Crippen LogP contribution in [0.4, 0.5) is 0 Å². The fourth-order valence-corrected chi connectivity index (χ4v) is 2.68. The topological polar surface area (TPSA) is 29.3 Å². The molecule has 1 fully saturated rings. The Balaban J connectivity index is 2.02. The Morgan fingerprint density at radius 3 is 2.59 bits per heavy atom. The molecule has 0 aliphatic carbocycles. The third-order valence-electron chi connectivity index (χ3n) is 3.74. The Morgan fingerprint density at radius 1 is 1.18 bits per heavy atom. The molecule has 2 nitrogen and oxygen atoms in total. The van der Waals surface area contributed by atoms with E-state index < -0.39 is 0 Å². The molecule has 94 valence electrons. The normalized spacial score (nSPS) is 19.2. The van der Waals surface area contributed by atoms with Crippen molar-refractivity contribution >= 4 is 0 Å². The Labute approximate surface area is 105 Å². The molecule has 1 unspecified atom stereocenters. The quantitative estimate of drug-likeness (QED) is 0.868. The molecule has 1 atom stereocenters. The number of hydrogen-bond acceptors (Lipinski definition) is 2. The lowest BCUT2D eigenvalue weighted by molar-refractivity contribution is 0.216. The Kier molecular flexibility index (Phi) is 4.19. The van der Waals surface area contributed by atoms with Crippen molar-refractivity contribution in [2.24, 2.45) is 5.73 Å². The maximum absolute atomic E-state index is 6.35. The minimum Gasteiger partial charge on any atom is -0.323 e. The summed E-state index contributed by atoms with van der Waals surface area (Å²) in [6, 6.07) is 6.74. The van der Waals surface area contributed by atoms with Crippen LogP contribution in [0.2, 0.25) is 0 Å². The zero-order valence-electron chi connectivity index (χ0n) is 11.1. The molecule has 1 heterocycles. The number of piperidine rings is 1. The van der Waals surface area contributed by atoms with E-state index in [1.165, 1.54) is 49.0 Å². The van der Waals surface area contributed by atoms with Gasteiger partial charge in [0, 0.05) is 12.6 Å². The summed E-state index contributed by atoms with van der Waals surface area (Å²) < 4.78 is 0. The number of nitrogens with two attached hydrogens (primary N) is 1. The highest BCUT2D eigenvalue weighted by molar-refractivity contribution is 5.33. The van der Waals surface area contributed by atoms with E-state index in [0.29, 0.717) is 0 Å². The lowest BCUT2D eigenvalue weighted by atomic mass is 9.98. The van der Waals surface area contributed by atoms with Crippen molar-refractivity contribution in [1.82, 2.24) is 4.90 Å². The summed E-state index contributed by atoms with van der Waals surface area (Å²) in [4.78, 5) is 2.51. The van der Waals surface area contributed by atoms with Gasteiger partial charge >= 0.3 is 0 Å². The predicted octanol–water partition coefficient (Wildman–Crippen LogP) is 2.79. The zero-order chi connectivity index (χ0) is 12.3. The first-order valence-corrected chi connectivity index (χ1v) is 6.72. The molecule has 1 aliphatic heterocycles. The molecule has 2 heteroatoms. The van der Waals surface area contributed by atoms with Crippen LogP contribution in [0.25, 0.3) is 0 Å². The highest BCUT2D eigenvalue weighted by atomic mass is 15.1. The summed E-state index contributed by atoms with van der Waals surface area (Å²) in [5, 5.41) is 0. The minimum atomic E-state index is 0.160. The highest BCUT2D eigenvalue weighted by Gasteiger charge is 2.16. The first-order chi connectivity index (χ1) is 8.16. The van der Waals surface area contributed by atoms with Crippen LogP contribution in [0, 0.1) is 13.8 Å². The van der Waals surface area contributed by atoms with Crippen molar-refractivity contribution in [2.75, 3.05) is 19.6 Å². The second-order valence-corrected chi connectivity index (χ2v) is 5.33. The molecular formula is C15H24N2. The molecule has 2 N–H and O–H groups in total. The highest BCUT2D eigenvalue weighted by Crippen LogP contribution is 2.20. The monoisotopic (exact) mass is 232 g/mol. The molecule has 0 bridgehead atoms. The Morgan fingerprint density at radius 2 is 1.88 bits per heavy atom. The molecule has 17 heavy (non-hydrogen) atoms. The number of rotatable bonds is 3. The molecule has 0 radical (unpaired) electrons. The van der Waals surface area contributed by atoms with Crippen LogP contribution < -0.4 is 5.73 Å². The summed E-state index contributed by atoms with van der Waals surface area (Å²) >= 11 is 0. The van der Waals surface area contributed by atoms with Crippen LogP contribution in [0.5, 0.6) is 0 Å². The average molecular weight is 232 g/mol. The Bertz CT molecular complexity index is 367. The molecule has 0 saturated carbocycles. The van der Waals surface area contributed by atoms with Crippen LogP contribution in [0.3, 0.4) is 0 Å². The maximum Gasteiger partial charge on any atom is 0.0427 e. The van der Waals surface area contributed by atoms with Gasteiger partial charge in [0.15, 0.2) is 0 Å². The fourth-order valence-electron chi connectivity index (χ4n) is 2.68. The van der Waals surface area contributed by atoms with E-state index in [1.807, 2.05) is 0 Å². The van der Waals surface area contributed by atoms with Gasteiger partial charge in [0.2, 0.25) is 0 Å². The largest absolute Gasteiger partial charge is 0.323 e. The molecule has 0 aromatic heterocycles. The summed E-state index contributed by atoms with van der Waals surface area (Å²) in [5.74, 6) is 0. The third kappa shape index (κ3) is 3.30. The first-order valence-electron chi connectivity index (χ1n) is 6.72. The van der Waals surface area contributed by atoms with Gasteiger partial charge < -0.3 is 10.6 Å². The summed E-state index contributed by atoms with van der Waals surface area (Å²) in [6.45, 7) is 7.74. The van der Waals surface area contributed by atoms with Gasteiger partial charge in [-0.25, -0.2) is 0 Å². The fraction of sp³-hybridized carbons (Fsp3) is 0.600. The maximum atomic E-state index is 6.35. The van der Waals surface area contributed by atoms with Crippen molar-refractivity contribution in [3.8, 4) is 0 Å². The van der Waals surface area contributed by atoms with E-state index in [2.05, 4.69) is 36.9 Å². The van der Waals surface area contributed by atoms with Crippen molar-refractivity contribution < 1.29 is 0 Å². The van der Waals surface area contributed by atoms with E-state index in [1.54, 1.807) is 0 Å². The van der Waals surface area contributed by atoms with E-state index in [9.17, 15) is 0 Å². The van der Waals surface area contributed by atoms with Crippen molar-refractivity contribution in [3.63, 3.8) is 0 Å². The van der Waals surface area contributed by atoms with Gasteiger partial charge in [0.1, 0.15) is 0 Å². The number of hydrogen-bond donors (Lipinski definition) is 1. The second kappa shape index (κ2) is 5.65. The lowest BCUT2D eigenvalue weighted by Crippen LogP contribution is -2.36. The van der Waals surface area contributed by atoms with Crippen LogP contribution in [-0.2, 0) is 0 Å². The van der Waals surface area contributed by atoms with Gasteiger partial charge in [-0.3, -0.25) is 0 Å². The number of benzene rings is 1. The van der Waals surface area contributed by atoms with Crippen LogP contribution in [-0.4, -0.2) is 24.5 Å². The van der Waals surface area contributed by atoms with Crippen molar-refractivity contribution in [2.45, 2.75) is 39.2 Å². The molecule has 0 spiro atoms. The summed E-state index contributed by atoms with van der Waals surface area (Å²) in [7, 11) is 0. The van der Waals surface area contributed by atoms with E-state index in [-0.39, 0.29) is 6.04 Å².